The lowest BCUT2D eigenvalue weighted by Crippen LogP contribution is -2.59. The molecule has 10 nitrogen and oxygen atoms in total. The van der Waals surface area contributed by atoms with Crippen LogP contribution in [0.2, 0.25) is 0 Å². The highest BCUT2D eigenvalue weighted by Crippen LogP contribution is 2.45. The molecular formula is C40H49FN8O2. The second-order valence-electron chi connectivity index (χ2n) is 15.3. The van der Waals surface area contributed by atoms with Gasteiger partial charge in [0.05, 0.1) is 29.4 Å². The van der Waals surface area contributed by atoms with Gasteiger partial charge in [0.15, 0.2) is 11.6 Å². The summed E-state index contributed by atoms with van der Waals surface area (Å²) in [5.74, 6) is 0.222. The molecule has 11 heteroatoms. The summed E-state index contributed by atoms with van der Waals surface area (Å²) in [6.07, 6.45) is 15.7. The third kappa shape index (κ3) is 6.49. The van der Waals surface area contributed by atoms with Gasteiger partial charge >= 0.3 is 0 Å². The third-order valence-electron chi connectivity index (χ3n) is 11.8. The van der Waals surface area contributed by atoms with Gasteiger partial charge in [-0.15, -0.1) is 0 Å². The quantitative estimate of drug-likeness (QED) is 0.225. The van der Waals surface area contributed by atoms with E-state index in [9.17, 15) is 14.0 Å². The summed E-state index contributed by atoms with van der Waals surface area (Å²) in [6.45, 7) is 7.05. The van der Waals surface area contributed by atoms with Crippen LogP contribution in [0.25, 0.3) is 22.3 Å². The van der Waals surface area contributed by atoms with E-state index in [1.54, 1.807) is 25.5 Å². The number of nitrogens with zero attached hydrogens (tertiary/aromatic N) is 7. The Morgan fingerprint density at radius 2 is 1.71 bits per heavy atom. The molecule has 3 aliphatic heterocycles. The first-order valence-corrected chi connectivity index (χ1v) is 19.0. The van der Waals surface area contributed by atoms with Crippen LogP contribution in [0.5, 0.6) is 0 Å². The van der Waals surface area contributed by atoms with Crippen LogP contribution in [0.1, 0.15) is 96.6 Å². The van der Waals surface area contributed by atoms with Crippen LogP contribution in [-0.2, 0) is 16.0 Å². The number of pyridine rings is 2. The molecule has 4 aliphatic rings. The van der Waals surface area contributed by atoms with Crippen LogP contribution in [0.15, 0.2) is 49.1 Å². The molecule has 1 N–H and O–H groups in total. The topological polar surface area (TPSA) is 99.5 Å². The highest BCUT2D eigenvalue weighted by Gasteiger charge is 2.47. The molecule has 1 aliphatic carbocycles. The number of aromatic nitrogens is 4. The van der Waals surface area contributed by atoms with Gasteiger partial charge in [-0.25, -0.2) is 14.4 Å². The number of fused-ring (bicyclic) bond motifs is 4. The number of aryl methyl sites for hydroxylation is 1. The van der Waals surface area contributed by atoms with E-state index in [4.69, 9.17) is 9.97 Å². The molecule has 2 saturated heterocycles. The number of hydrogen-bond donors (Lipinski definition) is 1. The maximum atomic E-state index is 14.9. The average molecular weight is 693 g/mol. The van der Waals surface area contributed by atoms with Crippen molar-refractivity contribution < 1.29 is 14.0 Å². The molecule has 1 aromatic carbocycles. The summed E-state index contributed by atoms with van der Waals surface area (Å²) in [4.78, 5) is 47.3. The first kappa shape index (κ1) is 33.7. The Bertz CT molecular complexity index is 1920. The number of rotatable bonds is 6. The molecule has 2 unspecified atom stereocenters. The summed E-state index contributed by atoms with van der Waals surface area (Å²) in [5, 5.41) is 3.23. The number of carbonyl (C=O) groups is 2. The minimum absolute atomic E-state index is 0.0598. The van der Waals surface area contributed by atoms with Crippen molar-refractivity contribution in [2.75, 3.05) is 23.3 Å². The van der Waals surface area contributed by atoms with E-state index >= 15 is 0 Å². The van der Waals surface area contributed by atoms with Crippen LogP contribution >= 0.6 is 0 Å². The number of amides is 2. The molecule has 8 rings (SSSR count). The van der Waals surface area contributed by atoms with Crippen LogP contribution in [0.3, 0.4) is 0 Å². The number of anilines is 3. The molecule has 3 aromatic heterocycles. The Labute approximate surface area is 299 Å². The fraction of sp³-hybridized carbons (Fsp3) is 0.525. The number of imidazole rings is 1. The van der Waals surface area contributed by atoms with Crippen LogP contribution in [0, 0.1) is 5.82 Å². The Hall–Kier alpha value is -4.38. The summed E-state index contributed by atoms with van der Waals surface area (Å²) in [5.41, 5.74) is 5.45. The zero-order valence-electron chi connectivity index (χ0n) is 30.0. The van der Waals surface area contributed by atoms with E-state index in [0.717, 1.165) is 53.5 Å². The van der Waals surface area contributed by atoms with Gasteiger partial charge in [0.1, 0.15) is 5.52 Å². The number of benzene rings is 1. The molecule has 6 heterocycles. The lowest BCUT2D eigenvalue weighted by atomic mass is 9.81. The molecule has 2 atom stereocenters. The zero-order valence-corrected chi connectivity index (χ0v) is 30.0. The molecule has 0 radical (unpaired) electrons. The second kappa shape index (κ2) is 14.0. The van der Waals surface area contributed by atoms with Crippen molar-refractivity contribution in [1.29, 1.82) is 0 Å². The number of halogens is 1. The van der Waals surface area contributed by atoms with Crippen molar-refractivity contribution in [3.05, 3.63) is 60.4 Å². The predicted octanol–water partition coefficient (Wildman–Crippen LogP) is 7.41. The minimum atomic E-state index is -0.466. The van der Waals surface area contributed by atoms with Crippen molar-refractivity contribution in [2.45, 2.75) is 122 Å². The SMILES string of the molecule is CC(=O)N1CCCC(=O)N(C2CC(N3C4CCCC3CC4)C2)c2cc(-c3cc4ncn(C(C)C)c4c(Nc4ccncc4F)n3)ccc2CCC1. The number of piperidine rings is 1. The maximum Gasteiger partial charge on any atom is 0.227 e. The van der Waals surface area contributed by atoms with E-state index in [2.05, 4.69) is 52.1 Å². The van der Waals surface area contributed by atoms with Gasteiger partial charge in [0.25, 0.3) is 0 Å². The van der Waals surface area contributed by atoms with Gasteiger partial charge in [-0.1, -0.05) is 18.6 Å². The van der Waals surface area contributed by atoms with Crippen LogP contribution in [-0.4, -0.2) is 78.4 Å². The fourth-order valence-corrected chi connectivity index (χ4v) is 9.18. The van der Waals surface area contributed by atoms with E-state index in [1.165, 1.54) is 38.3 Å². The maximum absolute atomic E-state index is 14.9. The van der Waals surface area contributed by atoms with Crippen molar-refractivity contribution in [2.24, 2.45) is 0 Å². The molecule has 0 spiro atoms. The summed E-state index contributed by atoms with van der Waals surface area (Å²) >= 11 is 0. The molecule has 3 fully saturated rings. The minimum Gasteiger partial charge on any atom is -0.343 e. The molecule has 268 valence electrons. The summed E-state index contributed by atoms with van der Waals surface area (Å²) < 4.78 is 16.9. The number of carbonyl (C=O) groups excluding carboxylic acids is 2. The Kier molecular flexibility index (Phi) is 9.25. The molecule has 2 bridgehead atoms. The van der Waals surface area contributed by atoms with Gasteiger partial charge in [0, 0.05) is 74.1 Å². The fourth-order valence-electron chi connectivity index (χ4n) is 9.18. The first-order chi connectivity index (χ1) is 24.7. The van der Waals surface area contributed by atoms with E-state index in [1.807, 2.05) is 15.5 Å². The first-order valence-electron chi connectivity index (χ1n) is 19.0. The lowest BCUT2D eigenvalue weighted by molar-refractivity contribution is -0.129. The van der Waals surface area contributed by atoms with Crippen LogP contribution < -0.4 is 10.2 Å². The molecular weight excluding hydrogens is 643 g/mol. The zero-order chi connectivity index (χ0) is 35.2. The standard InChI is InChI=1S/C40H49FN8O2/c1-25(2)47-24-43-36-22-35(45-40(39(36)47)44-34-15-16-42-23-33(34)41)28-12-11-27-7-5-17-46(26(3)50)18-6-10-38(51)49(37(27)19-28)32-20-31(21-32)48-29-8-4-9-30(48)14-13-29/h11-12,15-16,19,22-25,29-32H,4-10,13-14,17-18,20-21H2,1-3H3,(H,42,44,45). The Morgan fingerprint density at radius 3 is 2.43 bits per heavy atom. The second-order valence-corrected chi connectivity index (χ2v) is 15.3. The molecule has 2 amide bonds. The van der Waals surface area contributed by atoms with Gasteiger partial charge in [0.2, 0.25) is 11.8 Å². The van der Waals surface area contributed by atoms with Crippen molar-refractivity contribution in [3.63, 3.8) is 0 Å². The smallest absolute Gasteiger partial charge is 0.227 e. The predicted molar refractivity (Wildman–Crippen MR) is 197 cm³/mol. The Morgan fingerprint density at radius 1 is 0.941 bits per heavy atom. The van der Waals surface area contributed by atoms with Crippen LogP contribution in [0.4, 0.5) is 21.6 Å². The molecule has 4 aromatic rings. The van der Waals surface area contributed by atoms with Gasteiger partial charge in [-0.05, 0) is 95.4 Å². The molecule has 51 heavy (non-hydrogen) atoms. The number of hydrogen-bond acceptors (Lipinski definition) is 7. The van der Waals surface area contributed by atoms with Gasteiger partial charge < -0.3 is 19.7 Å². The summed E-state index contributed by atoms with van der Waals surface area (Å²) in [7, 11) is 0. The third-order valence-corrected chi connectivity index (χ3v) is 11.8. The highest BCUT2D eigenvalue weighted by molar-refractivity contribution is 5.96. The Balaban J connectivity index is 1.18. The van der Waals surface area contributed by atoms with E-state index < -0.39 is 5.82 Å². The van der Waals surface area contributed by atoms with Gasteiger partial charge in [-0.3, -0.25) is 19.5 Å². The van der Waals surface area contributed by atoms with Crippen molar-refractivity contribution in [1.82, 2.24) is 29.3 Å². The van der Waals surface area contributed by atoms with Crippen molar-refractivity contribution in [3.8, 4) is 11.3 Å². The lowest BCUT2D eigenvalue weighted by Gasteiger charge is -2.51. The largest absolute Gasteiger partial charge is 0.343 e. The highest BCUT2D eigenvalue weighted by atomic mass is 19.1. The monoisotopic (exact) mass is 692 g/mol. The van der Waals surface area contributed by atoms with E-state index in [-0.39, 0.29) is 29.6 Å². The normalized spacial score (nSPS) is 24.4. The van der Waals surface area contributed by atoms with Gasteiger partial charge in [-0.2, -0.15) is 0 Å². The van der Waals surface area contributed by atoms with E-state index in [0.29, 0.717) is 55.6 Å². The van der Waals surface area contributed by atoms with Crippen molar-refractivity contribution >= 4 is 40.0 Å². The molecule has 1 saturated carbocycles. The number of nitrogens with one attached hydrogen (secondary N) is 1. The summed E-state index contributed by atoms with van der Waals surface area (Å²) in [6, 6.07) is 12.1. The average Bonchev–Trinajstić information content (AvgIpc) is 3.62.